The first-order valence-electron chi connectivity index (χ1n) is 7.56. The zero-order valence-electron chi connectivity index (χ0n) is 12.9. The predicted molar refractivity (Wildman–Crippen MR) is 103 cm³/mol. The summed E-state index contributed by atoms with van der Waals surface area (Å²) in [6.45, 7) is 1.99. The normalized spacial score (nSPS) is 11.0. The number of fused-ring (bicyclic) bond motifs is 1. The number of rotatable bonds is 2. The Morgan fingerprint density at radius 2 is 1.62 bits per heavy atom. The Balaban J connectivity index is 2.06. The first-order valence-corrected chi connectivity index (χ1v) is 8.78. The van der Waals surface area contributed by atoms with E-state index in [4.69, 9.17) is 12.2 Å². The summed E-state index contributed by atoms with van der Waals surface area (Å²) in [6.07, 6.45) is 0. The fourth-order valence-electron chi connectivity index (χ4n) is 2.89. The van der Waals surface area contributed by atoms with Crippen molar-refractivity contribution in [1.82, 2.24) is 9.55 Å². The van der Waals surface area contributed by atoms with E-state index in [0.29, 0.717) is 10.2 Å². The molecule has 0 radical (unpaired) electrons. The van der Waals surface area contributed by atoms with Crippen molar-refractivity contribution in [2.45, 2.75) is 6.92 Å². The molecule has 0 saturated heterocycles. The SMILES string of the molecule is Cc1c(-c2ccccc2)sc2[nH]c(=S)n(-c3ccccc3)c(=O)c12. The van der Waals surface area contributed by atoms with Gasteiger partial charge in [-0.05, 0) is 42.4 Å². The fourth-order valence-corrected chi connectivity index (χ4v) is 4.45. The number of nitrogens with zero attached hydrogens (tertiary/aromatic N) is 1. The highest BCUT2D eigenvalue weighted by Gasteiger charge is 2.16. The second-order valence-electron chi connectivity index (χ2n) is 5.53. The Morgan fingerprint density at radius 1 is 1.00 bits per heavy atom. The van der Waals surface area contributed by atoms with Crippen molar-refractivity contribution in [2.24, 2.45) is 0 Å². The number of nitrogens with one attached hydrogen (secondary N) is 1. The van der Waals surface area contributed by atoms with Gasteiger partial charge in [-0.1, -0.05) is 48.5 Å². The number of benzene rings is 2. The van der Waals surface area contributed by atoms with Crippen molar-refractivity contribution in [3.63, 3.8) is 0 Å². The molecule has 118 valence electrons. The van der Waals surface area contributed by atoms with Crippen molar-refractivity contribution < 1.29 is 0 Å². The lowest BCUT2D eigenvalue weighted by atomic mass is 10.1. The van der Waals surface area contributed by atoms with Gasteiger partial charge in [0.2, 0.25) is 0 Å². The largest absolute Gasteiger partial charge is 0.323 e. The van der Waals surface area contributed by atoms with Gasteiger partial charge in [0.05, 0.1) is 11.1 Å². The molecule has 2 aromatic carbocycles. The Morgan fingerprint density at radius 3 is 2.29 bits per heavy atom. The molecule has 2 heterocycles. The highest BCUT2D eigenvalue weighted by Crippen LogP contribution is 2.35. The van der Waals surface area contributed by atoms with Gasteiger partial charge in [0.15, 0.2) is 4.77 Å². The van der Waals surface area contributed by atoms with Crippen LogP contribution in [0.5, 0.6) is 0 Å². The lowest BCUT2D eigenvalue weighted by molar-refractivity contribution is 0.942. The van der Waals surface area contributed by atoms with Crippen LogP contribution in [0.3, 0.4) is 0 Å². The number of hydrogen-bond acceptors (Lipinski definition) is 3. The van der Waals surface area contributed by atoms with Crippen LogP contribution in [0.25, 0.3) is 26.3 Å². The number of aromatic amines is 1. The molecular formula is C19H14N2OS2. The monoisotopic (exact) mass is 350 g/mol. The summed E-state index contributed by atoms with van der Waals surface area (Å²) in [4.78, 5) is 18.2. The third-order valence-corrected chi connectivity index (χ3v) is 5.58. The van der Waals surface area contributed by atoms with Crippen LogP contribution in [0.2, 0.25) is 0 Å². The topological polar surface area (TPSA) is 37.8 Å². The Bertz CT molecular complexity index is 1140. The molecule has 0 fully saturated rings. The van der Waals surface area contributed by atoms with Gasteiger partial charge in [-0.3, -0.25) is 9.36 Å². The van der Waals surface area contributed by atoms with Gasteiger partial charge in [-0.15, -0.1) is 11.3 Å². The van der Waals surface area contributed by atoms with Crippen molar-refractivity contribution >= 4 is 33.8 Å². The maximum atomic E-state index is 13.1. The summed E-state index contributed by atoms with van der Waals surface area (Å²) < 4.78 is 1.98. The Hall–Kier alpha value is -2.50. The van der Waals surface area contributed by atoms with Crippen molar-refractivity contribution in [2.75, 3.05) is 0 Å². The molecule has 0 unspecified atom stereocenters. The van der Waals surface area contributed by atoms with Crippen LogP contribution >= 0.6 is 23.6 Å². The summed E-state index contributed by atoms with van der Waals surface area (Å²) in [6, 6.07) is 19.6. The summed E-state index contributed by atoms with van der Waals surface area (Å²) in [7, 11) is 0. The molecule has 0 amide bonds. The molecule has 0 aliphatic heterocycles. The molecule has 5 heteroatoms. The lowest BCUT2D eigenvalue weighted by Crippen LogP contribution is -2.20. The number of thiophene rings is 1. The maximum absolute atomic E-state index is 13.1. The Kier molecular flexibility index (Phi) is 3.67. The van der Waals surface area contributed by atoms with Gasteiger partial charge in [-0.25, -0.2) is 0 Å². The van der Waals surface area contributed by atoms with E-state index < -0.39 is 0 Å². The zero-order valence-corrected chi connectivity index (χ0v) is 14.6. The molecule has 0 saturated carbocycles. The predicted octanol–water partition coefficient (Wildman–Crippen LogP) is 5.09. The summed E-state index contributed by atoms with van der Waals surface area (Å²) in [5, 5.41) is 0.705. The minimum atomic E-state index is -0.0733. The minimum absolute atomic E-state index is 0.0733. The van der Waals surface area contributed by atoms with Gasteiger partial charge in [0.1, 0.15) is 4.83 Å². The minimum Gasteiger partial charge on any atom is -0.323 e. The van der Waals surface area contributed by atoms with Crippen LogP contribution in [0.15, 0.2) is 65.5 Å². The van der Waals surface area contributed by atoms with Crippen LogP contribution in [0.1, 0.15) is 5.56 Å². The third-order valence-electron chi connectivity index (χ3n) is 4.04. The number of hydrogen-bond donors (Lipinski definition) is 1. The molecule has 0 aliphatic rings. The number of aromatic nitrogens is 2. The molecule has 3 nitrogen and oxygen atoms in total. The molecule has 0 spiro atoms. The second-order valence-corrected chi connectivity index (χ2v) is 6.94. The average molecular weight is 350 g/mol. The molecule has 0 bridgehead atoms. The smallest absolute Gasteiger partial charge is 0.267 e. The van der Waals surface area contributed by atoms with E-state index in [1.807, 2.05) is 55.5 Å². The van der Waals surface area contributed by atoms with Gasteiger partial charge >= 0.3 is 0 Å². The van der Waals surface area contributed by atoms with Crippen LogP contribution < -0.4 is 5.56 Å². The van der Waals surface area contributed by atoms with E-state index in [1.165, 1.54) is 0 Å². The van der Waals surface area contributed by atoms with E-state index >= 15 is 0 Å². The zero-order chi connectivity index (χ0) is 16.7. The highest BCUT2D eigenvalue weighted by atomic mass is 32.1. The quantitative estimate of drug-likeness (QED) is 0.512. The maximum Gasteiger partial charge on any atom is 0.267 e. The van der Waals surface area contributed by atoms with Crippen molar-refractivity contribution in [3.8, 4) is 16.1 Å². The first-order chi connectivity index (χ1) is 11.7. The van der Waals surface area contributed by atoms with Crippen LogP contribution in [0, 0.1) is 11.7 Å². The molecule has 1 N–H and O–H groups in total. The fraction of sp³-hybridized carbons (Fsp3) is 0.0526. The standard InChI is InChI=1S/C19H14N2OS2/c1-12-15-17(24-16(12)13-8-4-2-5-9-13)20-19(23)21(18(15)22)14-10-6-3-7-11-14/h2-11H,1H3,(H,20,23). The van der Waals surface area contributed by atoms with Crippen molar-refractivity contribution in [1.29, 1.82) is 0 Å². The molecule has 0 atom stereocenters. The lowest BCUT2D eigenvalue weighted by Gasteiger charge is -2.06. The van der Waals surface area contributed by atoms with Crippen LogP contribution in [-0.4, -0.2) is 9.55 Å². The van der Waals surface area contributed by atoms with E-state index in [2.05, 4.69) is 17.1 Å². The van der Waals surface area contributed by atoms with Gasteiger partial charge in [0, 0.05) is 4.88 Å². The number of para-hydroxylation sites is 1. The van der Waals surface area contributed by atoms with Gasteiger partial charge in [-0.2, -0.15) is 0 Å². The first kappa shape index (κ1) is 15.1. The summed E-state index contributed by atoms with van der Waals surface area (Å²) in [5.41, 5.74) is 2.80. The van der Waals surface area contributed by atoms with Crippen LogP contribution in [0.4, 0.5) is 0 Å². The molecule has 24 heavy (non-hydrogen) atoms. The van der Waals surface area contributed by atoms with Gasteiger partial charge < -0.3 is 4.98 Å². The molecule has 2 aromatic heterocycles. The van der Waals surface area contributed by atoms with Crippen molar-refractivity contribution in [3.05, 3.63) is 81.4 Å². The van der Waals surface area contributed by atoms with Gasteiger partial charge in [0.25, 0.3) is 5.56 Å². The molecular weight excluding hydrogens is 336 g/mol. The molecule has 4 aromatic rings. The Labute approximate surface area is 147 Å². The third kappa shape index (κ3) is 2.33. The number of H-pyrrole nitrogens is 1. The summed E-state index contributed by atoms with van der Waals surface area (Å²) in [5.74, 6) is 0. The molecule has 4 rings (SSSR count). The average Bonchev–Trinajstić information content (AvgIpc) is 2.93. The molecule has 0 aliphatic carbocycles. The van der Waals surface area contributed by atoms with E-state index in [0.717, 1.165) is 26.5 Å². The van der Waals surface area contributed by atoms with E-state index in [9.17, 15) is 4.79 Å². The van der Waals surface area contributed by atoms with E-state index in [-0.39, 0.29) is 5.56 Å². The van der Waals surface area contributed by atoms with Crippen LogP contribution in [-0.2, 0) is 0 Å². The highest BCUT2D eigenvalue weighted by molar-refractivity contribution is 7.71. The second kappa shape index (κ2) is 5.85. The van der Waals surface area contributed by atoms with E-state index in [1.54, 1.807) is 15.9 Å². The number of aryl methyl sites for hydroxylation is 1. The summed E-state index contributed by atoms with van der Waals surface area (Å²) >= 11 is 7.01.